The normalized spacial score (nSPS) is 10.2. The van der Waals surface area contributed by atoms with Gasteiger partial charge in [-0.3, -0.25) is 4.79 Å². The summed E-state index contributed by atoms with van der Waals surface area (Å²) in [5.41, 5.74) is -0.220. The highest BCUT2D eigenvalue weighted by Gasteiger charge is 2.19. The van der Waals surface area contributed by atoms with Crippen molar-refractivity contribution in [3.8, 4) is 11.5 Å². The summed E-state index contributed by atoms with van der Waals surface area (Å²) in [4.78, 5) is 10.5. The summed E-state index contributed by atoms with van der Waals surface area (Å²) in [5, 5.41) is 0. The van der Waals surface area contributed by atoms with Crippen molar-refractivity contribution in [2.75, 3.05) is 14.2 Å². The summed E-state index contributed by atoms with van der Waals surface area (Å²) < 4.78 is 34.9. The number of hydrogen-bond donors (Lipinski definition) is 0. The number of hydrogen-bond acceptors (Lipinski definition) is 3. The van der Waals surface area contributed by atoms with E-state index in [1.807, 2.05) is 0 Å². The first-order chi connectivity index (χ1) is 7.13. The molecule has 0 saturated carbocycles. The second-order valence-corrected chi connectivity index (χ2v) is 2.76. The monoisotopic (exact) mass is 216 g/mol. The molecule has 0 fully saturated rings. The van der Waals surface area contributed by atoms with Crippen molar-refractivity contribution in [3.05, 3.63) is 23.3 Å². The molecule has 1 aromatic rings. The third kappa shape index (κ3) is 2.23. The minimum absolute atomic E-state index is 0.0434. The Balaban J connectivity index is 3.38. The molecule has 15 heavy (non-hydrogen) atoms. The molecule has 0 heterocycles. The first kappa shape index (κ1) is 11.4. The maximum absolute atomic E-state index is 12.6. The average Bonchev–Trinajstić information content (AvgIpc) is 2.26. The lowest BCUT2D eigenvalue weighted by atomic mass is 10.1. The van der Waals surface area contributed by atoms with E-state index in [1.165, 1.54) is 20.3 Å². The molecule has 0 bridgehead atoms. The zero-order chi connectivity index (χ0) is 11.4. The van der Waals surface area contributed by atoms with Gasteiger partial charge in [0.25, 0.3) is 6.43 Å². The fourth-order valence-electron chi connectivity index (χ4n) is 1.25. The van der Waals surface area contributed by atoms with Gasteiger partial charge in [0.2, 0.25) is 0 Å². The first-order valence-corrected chi connectivity index (χ1v) is 4.13. The van der Waals surface area contributed by atoms with Gasteiger partial charge in [-0.25, -0.2) is 8.78 Å². The molecule has 0 N–H and O–H groups in total. The lowest BCUT2D eigenvalue weighted by Gasteiger charge is -2.12. The summed E-state index contributed by atoms with van der Waals surface area (Å²) in [6, 6.07) is 2.43. The van der Waals surface area contributed by atoms with E-state index in [1.54, 1.807) is 0 Å². The van der Waals surface area contributed by atoms with Crippen LogP contribution in [0.1, 0.15) is 22.3 Å². The average molecular weight is 216 g/mol. The summed E-state index contributed by atoms with van der Waals surface area (Å²) >= 11 is 0. The quantitative estimate of drug-likeness (QED) is 0.725. The molecule has 0 aromatic heterocycles. The number of carbonyl (C=O) groups excluding carboxylic acids is 1. The van der Waals surface area contributed by atoms with Crippen LogP contribution in [0.2, 0.25) is 0 Å². The van der Waals surface area contributed by atoms with Crippen molar-refractivity contribution in [2.45, 2.75) is 6.43 Å². The predicted octanol–water partition coefficient (Wildman–Crippen LogP) is 2.45. The Morgan fingerprint density at radius 2 is 1.93 bits per heavy atom. The van der Waals surface area contributed by atoms with E-state index in [9.17, 15) is 13.6 Å². The molecule has 82 valence electrons. The molecule has 0 unspecified atom stereocenters. The van der Waals surface area contributed by atoms with Crippen LogP contribution in [-0.2, 0) is 0 Å². The van der Waals surface area contributed by atoms with Gasteiger partial charge in [-0.05, 0) is 12.1 Å². The summed E-state index contributed by atoms with van der Waals surface area (Å²) in [7, 11) is 2.59. The number of alkyl halides is 2. The minimum Gasteiger partial charge on any atom is -0.493 e. The molecule has 0 saturated heterocycles. The Kier molecular flexibility index (Phi) is 3.60. The molecule has 0 radical (unpaired) electrons. The van der Waals surface area contributed by atoms with E-state index >= 15 is 0 Å². The first-order valence-electron chi connectivity index (χ1n) is 4.13. The Labute approximate surface area is 85.6 Å². The van der Waals surface area contributed by atoms with E-state index in [0.29, 0.717) is 6.29 Å². The summed E-state index contributed by atoms with van der Waals surface area (Å²) in [6.07, 6.45) is -2.23. The van der Waals surface area contributed by atoms with E-state index in [2.05, 4.69) is 0 Å². The van der Waals surface area contributed by atoms with E-state index in [4.69, 9.17) is 9.47 Å². The molecular weight excluding hydrogens is 206 g/mol. The number of rotatable bonds is 4. The lowest BCUT2D eigenvalue weighted by Crippen LogP contribution is -1.98. The fourth-order valence-corrected chi connectivity index (χ4v) is 1.25. The summed E-state index contributed by atoms with van der Waals surface area (Å²) in [5.74, 6) is 0.0792. The highest BCUT2D eigenvalue weighted by molar-refractivity contribution is 5.77. The predicted molar refractivity (Wildman–Crippen MR) is 49.9 cm³/mol. The molecule has 0 spiro atoms. The van der Waals surface area contributed by atoms with Crippen LogP contribution in [-0.4, -0.2) is 20.5 Å². The zero-order valence-corrected chi connectivity index (χ0v) is 8.29. The van der Waals surface area contributed by atoms with Crippen molar-refractivity contribution in [3.63, 3.8) is 0 Å². The van der Waals surface area contributed by atoms with Gasteiger partial charge in [0, 0.05) is 5.56 Å². The maximum Gasteiger partial charge on any atom is 0.267 e. The number of carbonyl (C=O) groups is 1. The van der Waals surface area contributed by atoms with Gasteiger partial charge < -0.3 is 9.47 Å². The zero-order valence-electron chi connectivity index (χ0n) is 8.29. The molecule has 1 aromatic carbocycles. The molecule has 1 rings (SSSR count). The molecule has 0 aliphatic rings. The van der Waals surface area contributed by atoms with Crippen LogP contribution in [0.3, 0.4) is 0 Å². The molecule has 3 nitrogen and oxygen atoms in total. The smallest absolute Gasteiger partial charge is 0.267 e. The third-order valence-electron chi connectivity index (χ3n) is 1.90. The van der Waals surface area contributed by atoms with Crippen LogP contribution < -0.4 is 9.47 Å². The number of halogens is 2. The van der Waals surface area contributed by atoms with Crippen molar-refractivity contribution in [2.24, 2.45) is 0 Å². The number of benzene rings is 1. The maximum atomic E-state index is 12.6. The fraction of sp³-hybridized carbons (Fsp3) is 0.300. The van der Waals surface area contributed by atoms with Gasteiger partial charge in [0.05, 0.1) is 19.8 Å². The summed E-state index contributed by atoms with van der Waals surface area (Å²) in [6.45, 7) is 0. The Hall–Kier alpha value is -1.65. The van der Waals surface area contributed by atoms with E-state index in [-0.39, 0.29) is 22.6 Å². The highest BCUT2D eigenvalue weighted by atomic mass is 19.3. The molecule has 0 amide bonds. The Morgan fingerprint density at radius 1 is 1.27 bits per heavy atom. The Bertz CT molecular complexity index is 364. The number of ether oxygens (including phenoxy) is 2. The van der Waals surface area contributed by atoms with Crippen molar-refractivity contribution in [1.29, 1.82) is 0 Å². The largest absolute Gasteiger partial charge is 0.493 e. The molecule has 0 atom stereocenters. The molecule has 0 aliphatic heterocycles. The second kappa shape index (κ2) is 4.72. The van der Waals surface area contributed by atoms with Gasteiger partial charge in [0.15, 0.2) is 11.5 Å². The third-order valence-corrected chi connectivity index (χ3v) is 1.90. The topological polar surface area (TPSA) is 35.5 Å². The van der Waals surface area contributed by atoms with Gasteiger partial charge in [-0.2, -0.15) is 0 Å². The number of methoxy groups -OCH3 is 2. The Morgan fingerprint density at radius 3 is 2.33 bits per heavy atom. The standard InChI is InChI=1S/C10H10F2O3/c1-14-8-4-6(5-13)3-7(10(11)12)9(8)15-2/h3-5,10H,1-2H3. The van der Waals surface area contributed by atoms with Gasteiger partial charge >= 0.3 is 0 Å². The molecular formula is C10H10F2O3. The van der Waals surface area contributed by atoms with Crippen LogP contribution in [0.4, 0.5) is 8.78 Å². The minimum atomic E-state index is -2.71. The molecule has 5 heteroatoms. The SMILES string of the molecule is COc1cc(C=O)cc(C(F)F)c1OC. The lowest BCUT2D eigenvalue weighted by molar-refractivity contribution is 0.112. The highest BCUT2D eigenvalue weighted by Crippen LogP contribution is 2.37. The van der Waals surface area contributed by atoms with Crippen LogP contribution in [0, 0.1) is 0 Å². The van der Waals surface area contributed by atoms with Crippen LogP contribution >= 0.6 is 0 Å². The van der Waals surface area contributed by atoms with Crippen LogP contribution in [0.25, 0.3) is 0 Å². The van der Waals surface area contributed by atoms with E-state index in [0.717, 1.165) is 6.07 Å². The van der Waals surface area contributed by atoms with Crippen molar-refractivity contribution < 1.29 is 23.0 Å². The van der Waals surface area contributed by atoms with Crippen molar-refractivity contribution in [1.82, 2.24) is 0 Å². The van der Waals surface area contributed by atoms with E-state index < -0.39 is 6.43 Å². The van der Waals surface area contributed by atoms with Crippen molar-refractivity contribution >= 4 is 6.29 Å². The number of aldehydes is 1. The van der Waals surface area contributed by atoms with Gasteiger partial charge in [-0.1, -0.05) is 0 Å². The second-order valence-electron chi connectivity index (χ2n) is 2.76. The van der Waals surface area contributed by atoms with Crippen LogP contribution in [0.5, 0.6) is 11.5 Å². The van der Waals surface area contributed by atoms with Gasteiger partial charge in [0.1, 0.15) is 6.29 Å². The molecule has 0 aliphatic carbocycles. The van der Waals surface area contributed by atoms with Gasteiger partial charge in [-0.15, -0.1) is 0 Å². The van der Waals surface area contributed by atoms with Crippen LogP contribution in [0.15, 0.2) is 12.1 Å².